The number of rotatable bonds is 9. The molecule has 0 aliphatic rings. The Morgan fingerprint density at radius 2 is 1.93 bits per heavy atom. The van der Waals surface area contributed by atoms with Crippen LogP contribution >= 0.6 is 11.3 Å². The van der Waals surface area contributed by atoms with Crippen molar-refractivity contribution in [1.82, 2.24) is 4.90 Å². The van der Waals surface area contributed by atoms with E-state index in [-0.39, 0.29) is 5.78 Å². The Kier molecular flexibility index (Phi) is 6.79. The van der Waals surface area contributed by atoms with Gasteiger partial charge in [0.05, 0.1) is 10.3 Å². The molecule has 0 aliphatic carbocycles. The Balaban J connectivity index is 1.86. The predicted molar refractivity (Wildman–Crippen MR) is 113 cm³/mol. The first-order valence-corrected chi connectivity index (χ1v) is 10.1. The van der Waals surface area contributed by atoms with E-state index in [1.165, 1.54) is 6.08 Å². The summed E-state index contributed by atoms with van der Waals surface area (Å²) in [5.74, 6) is 0.275. The van der Waals surface area contributed by atoms with Crippen LogP contribution in [0.4, 0.5) is 0 Å². The maximum atomic E-state index is 12.8. The van der Waals surface area contributed by atoms with E-state index in [1.54, 1.807) is 18.2 Å². The molecule has 0 saturated heterocycles. The summed E-state index contributed by atoms with van der Waals surface area (Å²) < 4.78 is 11.8. The molecule has 28 heavy (non-hydrogen) atoms. The molecule has 0 bridgehead atoms. The Morgan fingerprint density at radius 1 is 1.18 bits per heavy atom. The van der Waals surface area contributed by atoms with Crippen molar-refractivity contribution in [1.29, 1.82) is 0 Å². The smallest absolute Gasteiger partial charge is 0.396 e. The zero-order chi connectivity index (χ0) is 19.9. The molecule has 0 radical (unpaired) electrons. The lowest BCUT2D eigenvalue weighted by Gasteiger charge is -2.18. The van der Waals surface area contributed by atoms with Crippen LogP contribution in [0.3, 0.4) is 0 Å². The van der Waals surface area contributed by atoms with Crippen molar-refractivity contribution in [2.24, 2.45) is 0 Å². The van der Waals surface area contributed by atoms with Crippen LogP contribution in [0.1, 0.15) is 29.8 Å². The Labute approximate surface area is 167 Å². The van der Waals surface area contributed by atoms with E-state index in [4.69, 9.17) is 9.15 Å². The first-order valence-electron chi connectivity index (χ1n) is 9.31. The minimum atomic E-state index is -0.395. The third-order valence-electron chi connectivity index (χ3n) is 4.48. The van der Waals surface area contributed by atoms with Gasteiger partial charge < -0.3 is 14.1 Å². The summed E-state index contributed by atoms with van der Waals surface area (Å²) in [6.07, 6.45) is 3.27. The summed E-state index contributed by atoms with van der Waals surface area (Å²) in [4.78, 5) is 26.2. The van der Waals surface area contributed by atoms with Gasteiger partial charge in [0.25, 0.3) is 0 Å². The predicted octanol–water partition coefficient (Wildman–Crippen LogP) is 4.47. The molecule has 0 aliphatic heterocycles. The summed E-state index contributed by atoms with van der Waals surface area (Å²) in [6.45, 7) is 7.30. The highest BCUT2D eigenvalue weighted by molar-refractivity contribution is 7.16. The highest BCUT2D eigenvalue weighted by Crippen LogP contribution is 2.28. The minimum absolute atomic E-state index is 0.197. The quantitative estimate of drug-likeness (QED) is 0.394. The Hall–Kier alpha value is -2.70. The van der Waals surface area contributed by atoms with Gasteiger partial charge in [0.2, 0.25) is 0 Å². The lowest BCUT2D eigenvalue weighted by molar-refractivity contribution is 0.104. The highest BCUT2D eigenvalue weighted by Gasteiger charge is 2.15. The largest absolute Gasteiger partial charge is 0.491 e. The first-order chi connectivity index (χ1) is 13.6. The van der Waals surface area contributed by atoms with E-state index in [1.807, 2.05) is 30.3 Å². The lowest BCUT2D eigenvalue weighted by atomic mass is 10.1. The molecule has 0 unspecified atom stereocenters. The number of likely N-dealkylation sites (N-methyl/N-ethyl adjacent to an activating group) is 1. The van der Waals surface area contributed by atoms with Crippen molar-refractivity contribution in [3.05, 3.63) is 69.4 Å². The Morgan fingerprint density at radius 3 is 2.64 bits per heavy atom. The summed E-state index contributed by atoms with van der Waals surface area (Å²) in [5, 5.41) is 0. The second-order valence-corrected chi connectivity index (χ2v) is 7.21. The molecule has 146 valence electrons. The summed E-state index contributed by atoms with van der Waals surface area (Å²) in [6, 6.07) is 12.9. The average Bonchev–Trinajstić information content (AvgIpc) is 3.08. The van der Waals surface area contributed by atoms with Gasteiger partial charge >= 0.3 is 4.94 Å². The van der Waals surface area contributed by atoms with E-state index in [0.29, 0.717) is 28.2 Å². The van der Waals surface area contributed by atoms with Gasteiger partial charge in [0.15, 0.2) is 11.4 Å². The number of carbonyl (C=O) groups excluding carboxylic acids is 1. The maximum absolute atomic E-state index is 12.8. The molecule has 2 aromatic carbocycles. The number of benzene rings is 2. The van der Waals surface area contributed by atoms with Crippen molar-refractivity contribution >= 4 is 33.5 Å². The fraction of sp³-hybridized carbons (Fsp3) is 0.273. The topological polar surface area (TPSA) is 59.8 Å². The minimum Gasteiger partial charge on any atom is -0.491 e. The average molecular weight is 397 g/mol. The molecule has 0 spiro atoms. The number of carbonyl (C=O) groups is 1. The number of fused-ring (bicyclic) bond motifs is 1. The van der Waals surface area contributed by atoms with Gasteiger partial charge in [-0.2, -0.15) is 0 Å². The van der Waals surface area contributed by atoms with Crippen LogP contribution in [0.2, 0.25) is 0 Å². The molecule has 0 saturated carbocycles. The second kappa shape index (κ2) is 9.48. The maximum Gasteiger partial charge on any atom is 0.396 e. The number of nitrogens with zero attached hydrogens (tertiary/aromatic N) is 1. The number of hydrogen-bond donors (Lipinski definition) is 0. The molecule has 3 aromatic rings. The normalized spacial score (nSPS) is 11.5. The van der Waals surface area contributed by atoms with Crippen LogP contribution in [0.25, 0.3) is 16.4 Å². The molecule has 5 nitrogen and oxygen atoms in total. The van der Waals surface area contributed by atoms with Crippen molar-refractivity contribution < 1.29 is 13.9 Å². The van der Waals surface area contributed by atoms with Crippen LogP contribution in [0, 0.1) is 0 Å². The molecule has 1 heterocycles. The van der Waals surface area contributed by atoms with Gasteiger partial charge in [0, 0.05) is 12.6 Å². The fourth-order valence-corrected chi connectivity index (χ4v) is 3.54. The zero-order valence-electron chi connectivity index (χ0n) is 16.0. The summed E-state index contributed by atoms with van der Waals surface area (Å²) in [7, 11) is 0. The first kappa shape index (κ1) is 20.0. The lowest BCUT2D eigenvalue weighted by Crippen LogP contribution is -2.28. The molecule has 3 rings (SSSR count). The summed E-state index contributed by atoms with van der Waals surface area (Å²) >= 11 is 1.00. The molecule has 1 aromatic heterocycles. The van der Waals surface area contributed by atoms with Crippen LogP contribution in [0.5, 0.6) is 5.75 Å². The van der Waals surface area contributed by atoms with Gasteiger partial charge in [-0.05, 0) is 30.8 Å². The van der Waals surface area contributed by atoms with Crippen LogP contribution in [-0.4, -0.2) is 36.9 Å². The van der Waals surface area contributed by atoms with Crippen molar-refractivity contribution in [3.63, 3.8) is 0 Å². The van der Waals surface area contributed by atoms with E-state index in [2.05, 4.69) is 18.7 Å². The van der Waals surface area contributed by atoms with Gasteiger partial charge in [-0.3, -0.25) is 4.79 Å². The standard InChI is InChI=1S/C22H23NO4S/c1-3-23(4-2)12-13-26-19-15-21-20(27-22(25)28-21)14-17(19)18(24)11-10-16-8-6-5-7-9-16/h5-11,14-15H,3-4,12-13H2,1-2H3/b11-10+. The molecule has 0 amide bonds. The Bertz CT molecular complexity index is 1020. The van der Waals surface area contributed by atoms with E-state index in [0.717, 1.165) is 36.5 Å². The second-order valence-electron chi connectivity index (χ2n) is 6.23. The molecule has 0 atom stereocenters. The summed E-state index contributed by atoms with van der Waals surface area (Å²) in [5.41, 5.74) is 1.73. The van der Waals surface area contributed by atoms with Crippen molar-refractivity contribution in [3.8, 4) is 5.75 Å². The molecular formula is C22H23NO4S. The highest BCUT2D eigenvalue weighted by atomic mass is 32.1. The van der Waals surface area contributed by atoms with Crippen molar-refractivity contribution in [2.45, 2.75) is 13.8 Å². The van der Waals surface area contributed by atoms with Crippen LogP contribution in [0.15, 0.2) is 57.8 Å². The SMILES string of the molecule is CCN(CC)CCOc1cc2sc(=O)oc2cc1C(=O)/C=C/c1ccccc1. The van der Waals surface area contributed by atoms with Gasteiger partial charge in [-0.25, -0.2) is 4.79 Å². The van der Waals surface area contributed by atoms with E-state index in [9.17, 15) is 9.59 Å². The molecule has 0 N–H and O–H groups in total. The van der Waals surface area contributed by atoms with Gasteiger partial charge in [0.1, 0.15) is 12.4 Å². The number of ketones is 1. The monoisotopic (exact) mass is 397 g/mol. The van der Waals surface area contributed by atoms with Gasteiger partial charge in [-0.15, -0.1) is 0 Å². The number of allylic oxidation sites excluding steroid dienone is 1. The van der Waals surface area contributed by atoms with E-state index < -0.39 is 4.94 Å². The molecule has 6 heteroatoms. The number of ether oxygens (including phenoxy) is 1. The van der Waals surface area contributed by atoms with E-state index >= 15 is 0 Å². The van der Waals surface area contributed by atoms with Gasteiger partial charge in [-0.1, -0.05) is 61.6 Å². The third-order valence-corrected chi connectivity index (χ3v) is 5.27. The van der Waals surface area contributed by atoms with Crippen molar-refractivity contribution in [2.75, 3.05) is 26.2 Å². The fourth-order valence-electron chi connectivity index (χ4n) is 2.86. The van der Waals surface area contributed by atoms with Crippen LogP contribution in [-0.2, 0) is 0 Å². The zero-order valence-corrected chi connectivity index (χ0v) is 16.8. The third kappa shape index (κ3) is 4.97. The molecular weight excluding hydrogens is 374 g/mol. The molecule has 0 fully saturated rings. The number of hydrogen-bond acceptors (Lipinski definition) is 6. The van der Waals surface area contributed by atoms with Crippen LogP contribution < -0.4 is 9.68 Å².